The van der Waals surface area contributed by atoms with Crippen LogP contribution in [-0.2, 0) is 16.6 Å². The van der Waals surface area contributed by atoms with Crippen molar-refractivity contribution in [1.29, 1.82) is 5.26 Å². The van der Waals surface area contributed by atoms with E-state index in [1.165, 1.54) is 11.1 Å². The van der Waals surface area contributed by atoms with Crippen LogP contribution >= 0.6 is 0 Å². The van der Waals surface area contributed by atoms with Gasteiger partial charge in [-0.25, -0.2) is 0 Å². The van der Waals surface area contributed by atoms with E-state index < -0.39 is 5.60 Å². The molecule has 1 N–H and O–H groups in total. The van der Waals surface area contributed by atoms with Crippen LogP contribution in [0, 0.1) is 22.7 Å². The number of piperidine rings is 1. The van der Waals surface area contributed by atoms with Crippen LogP contribution in [-0.4, -0.2) is 48.5 Å². The van der Waals surface area contributed by atoms with Crippen LogP contribution in [0.3, 0.4) is 0 Å². The van der Waals surface area contributed by atoms with E-state index in [1.807, 2.05) is 6.92 Å². The van der Waals surface area contributed by atoms with Crippen LogP contribution in [0.15, 0.2) is 12.1 Å². The van der Waals surface area contributed by atoms with Crippen LogP contribution in [0.1, 0.15) is 37.8 Å². The van der Waals surface area contributed by atoms with Crippen molar-refractivity contribution in [3.8, 4) is 17.6 Å². The molecule has 2 heterocycles. The minimum atomic E-state index is -0.700. The topological polar surface area (TPSA) is 65.7 Å². The van der Waals surface area contributed by atoms with Gasteiger partial charge < -0.3 is 19.5 Å². The highest BCUT2D eigenvalue weighted by Gasteiger charge is 2.75. The van der Waals surface area contributed by atoms with Gasteiger partial charge >= 0.3 is 0 Å². The number of hydrogen-bond donors (Lipinski definition) is 1. The molecule has 2 fully saturated rings. The summed E-state index contributed by atoms with van der Waals surface area (Å²) in [5.74, 6) is 0.588. The first-order valence-corrected chi connectivity index (χ1v) is 9.50. The zero-order chi connectivity index (χ0) is 18.5. The third-order valence-corrected chi connectivity index (χ3v) is 8.35. The molecule has 1 spiro atoms. The molecule has 5 nitrogen and oxygen atoms in total. The predicted molar refractivity (Wildman–Crippen MR) is 96.2 cm³/mol. The third kappa shape index (κ3) is 1.48. The Kier molecular flexibility index (Phi) is 2.99. The van der Waals surface area contributed by atoms with E-state index in [0.29, 0.717) is 11.8 Å². The lowest BCUT2D eigenvalue weighted by atomic mass is 9.40. The van der Waals surface area contributed by atoms with Crippen molar-refractivity contribution >= 4 is 0 Å². The maximum Gasteiger partial charge on any atom is 0.165 e. The van der Waals surface area contributed by atoms with E-state index in [-0.39, 0.29) is 28.6 Å². The zero-order valence-electron chi connectivity index (χ0n) is 15.9. The average Bonchev–Trinajstić information content (AvgIpc) is 2.99. The van der Waals surface area contributed by atoms with Crippen LogP contribution < -0.4 is 4.74 Å². The smallest absolute Gasteiger partial charge is 0.165 e. The summed E-state index contributed by atoms with van der Waals surface area (Å²) in [4.78, 5) is 2.46. The van der Waals surface area contributed by atoms with Crippen molar-refractivity contribution in [1.82, 2.24) is 4.90 Å². The number of nitriles is 1. The molecule has 4 aliphatic rings. The van der Waals surface area contributed by atoms with Gasteiger partial charge in [0.15, 0.2) is 11.5 Å². The Labute approximate surface area is 154 Å². The molecule has 5 rings (SSSR count). The Morgan fingerprint density at radius 1 is 1.38 bits per heavy atom. The number of phenolic OH excluding ortho intramolecular Hbond substituents is 1. The summed E-state index contributed by atoms with van der Waals surface area (Å²) in [6.07, 6.45) is 2.43. The highest BCUT2D eigenvalue weighted by molar-refractivity contribution is 5.62. The van der Waals surface area contributed by atoms with E-state index >= 15 is 0 Å². The minimum Gasteiger partial charge on any atom is -0.504 e. The first kappa shape index (κ1) is 16.4. The van der Waals surface area contributed by atoms with Crippen molar-refractivity contribution in [2.24, 2.45) is 11.3 Å². The molecule has 5 heteroatoms. The minimum absolute atomic E-state index is 0.0881. The van der Waals surface area contributed by atoms with Crippen molar-refractivity contribution in [2.75, 3.05) is 20.7 Å². The van der Waals surface area contributed by atoms with Crippen molar-refractivity contribution < 1.29 is 14.6 Å². The zero-order valence-corrected chi connectivity index (χ0v) is 15.9. The van der Waals surface area contributed by atoms with Gasteiger partial charge in [-0.3, -0.25) is 0 Å². The molecular formula is C21H26N2O3. The first-order chi connectivity index (χ1) is 12.3. The lowest BCUT2D eigenvalue weighted by molar-refractivity contribution is -0.212. The summed E-state index contributed by atoms with van der Waals surface area (Å²) in [5, 5.41) is 20.5. The van der Waals surface area contributed by atoms with E-state index in [1.54, 1.807) is 13.2 Å². The van der Waals surface area contributed by atoms with Gasteiger partial charge in [0.25, 0.3) is 0 Å². The molecule has 1 aromatic carbocycles. The first-order valence-electron chi connectivity index (χ1n) is 9.50. The summed E-state index contributed by atoms with van der Waals surface area (Å²) in [6.45, 7) is 5.35. The molecule has 1 aromatic rings. The summed E-state index contributed by atoms with van der Waals surface area (Å²) in [7, 11) is 3.89. The maximum atomic E-state index is 10.6. The Morgan fingerprint density at radius 2 is 2.15 bits per heavy atom. The molecule has 0 aromatic heterocycles. The third-order valence-electron chi connectivity index (χ3n) is 8.35. The molecule has 2 aliphatic heterocycles. The molecule has 2 aliphatic carbocycles. The molecule has 26 heavy (non-hydrogen) atoms. The number of methoxy groups -OCH3 is 1. The molecular weight excluding hydrogens is 328 g/mol. The second-order valence-corrected chi connectivity index (χ2v) is 9.06. The summed E-state index contributed by atoms with van der Waals surface area (Å²) >= 11 is 0. The predicted octanol–water partition coefficient (Wildman–Crippen LogP) is 2.61. The number of nitrogens with zero attached hydrogens (tertiary/aromatic N) is 2. The average molecular weight is 354 g/mol. The van der Waals surface area contributed by atoms with Crippen LogP contribution in [0.4, 0.5) is 0 Å². The fraction of sp³-hybridized carbons (Fsp3) is 0.667. The quantitative estimate of drug-likeness (QED) is 0.840. The Bertz CT molecular complexity index is 848. The number of rotatable bonds is 1. The number of phenols is 1. The highest BCUT2D eigenvalue weighted by atomic mass is 16.6. The van der Waals surface area contributed by atoms with Crippen molar-refractivity contribution in [2.45, 2.75) is 56.3 Å². The van der Waals surface area contributed by atoms with Gasteiger partial charge in [0.1, 0.15) is 11.7 Å². The summed E-state index contributed by atoms with van der Waals surface area (Å²) in [5.41, 5.74) is 1.46. The van der Waals surface area contributed by atoms with E-state index in [0.717, 1.165) is 25.8 Å². The largest absolute Gasteiger partial charge is 0.504 e. The number of benzene rings is 1. The fourth-order valence-corrected chi connectivity index (χ4v) is 6.91. The van der Waals surface area contributed by atoms with Gasteiger partial charge in [-0.05, 0) is 56.8 Å². The normalized spacial score (nSPS) is 45.6. The maximum absolute atomic E-state index is 10.6. The van der Waals surface area contributed by atoms with Gasteiger partial charge in [0.2, 0.25) is 0 Å². The van der Waals surface area contributed by atoms with E-state index in [2.05, 4.69) is 31.0 Å². The monoisotopic (exact) mass is 354 g/mol. The van der Waals surface area contributed by atoms with Gasteiger partial charge in [0.05, 0.1) is 12.0 Å². The van der Waals surface area contributed by atoms with Gasteiger partial charge in [-0.15, -0.1) is 0 Å². The number of ether oxygens (including phenoxy) is 2. The number of hydrogen-bond acceptors (Lipinski definition) is 5. The van der Waals surface area contributed by atoms with Gasteiger partial charge in [-0.2, -0.15) is 5.26 Å². The second-order valence-electron chi connectivity index (χ2n) is 9.06. The Hall–Kier alpha value is -1.77. The number of aromatic hydroxyl groups is 1. The molecule has 1 saturated heterocycles. The van der Waals surface area contributed by atoms with E-state index in [4.69, 9.17) is 9.47 Å². The lowest BCUT2D eigenvalue weighted by Crippen LogP contribution is -2.76. The van der Waals surface area contributed by atoms with Crippen LogP contribution in [0.5, 0.6) is 11.5 Å². The Balaban J connectivity index is 1.86. The molecule has 0 amide bonds. The lowest BCUT2D eigenvalue weighted by Gasteiger charge is -2.67. The standard InChI is InChI=1S/C21H26N2O3/c1-19-10-13(11-22)20(2,25-4)18-21(19)7-8-23(3)15(19)9-12-5-6-14(24)17(26-18)16(12)21/h5-6,13,15,18,24H,7-10H2,1-4H3/t13-,15-,18+,19-,20-,21+/m1/s1. The molecule has 6 atom stereocenters. The molecule has 138 valence electrons. The molecule has 2 bridgehead atoms. The van der Waals surface area contributed by atoms with E-state index in [9.17, 15) is 10.4 Å². The summed E-state index contributed by atoms with van der Waals surface area (Å²) in [6, 6.07) is 6.71. The van der Waals surface area contributed by atoms with Crippen molar-refractivity contribution in [3.63, 3.8) is 0 Å². The number of likely N-dealkylation sites (tertiary alicyclic amines) is 1. The van der Waals surface area contributed by atoms with Gasteiger partial charge in [0, 0.05) is 24.1 Å². The van der Waals surface area contributed by atoms with Gasteiger partial charge in [-0.1, -0.05) is 13.0 Å². The highest BCUT2D eigenvalue weighted by Crippen LogP contribution is 2.71. The van der Waals surface area contributed by atoms with Crippen molar-refractivity contribution in [3.05, 3.63) is 23.3 Å². The molecule has 1 saturated carbocycles. The fourth-order valence-electron chi connectivity index (χ4n) is 6.91. The Morgan fingerprint density at radius 3 is 2.85 bits per heavy atom. The molecule has 0 unspecified atom stereocenters. The molecule has 0 radical (unpaired) electrons. The van der Waals surface area contributed by atoms with Crippen LogP contribution in [0.2, 0.25) is 0 Å². The second kappa shape index (κ2) is 4.74. The van der Waals surface area contributed by atoms with Crippen LogP contribution in [0.25, 0.3) is 0 Å². The summed E-state index contributed by atoms with van der Waals surface area (Å²) < 4.78 is 12.5. The number of likely N-dealkylation sites (N-methyl/N-ethyl adjacent to an activating group) is 1. The SMILES string of the molecule is CO[C@]1(C)[C@@H](C#N)C[C@]2(C)[C@H]3Cc4ccc(O)c5c4[C@@]2(CCN3C)[C@H]1O5.